The third-order valence-electron chi connectivity index (χ3n) is 12.2. The highest BCUT2D eigenvalue weighted by Gasteiger charge is 2.59. The van der Waals surface area contributed by atoms with Crippen LogP contribution in [0.2, 0.25) is 0 Å². The first-order chi connectivity index (χ1) is 20.6. The molecule has 44 heavy (non-hydrogen) atoms. The van der Waals surface area contributed by atoms with E-state index in [1.165, 1.54) is 77.6 Å². The SMILES string of the molecule is CC(=O)NCCC(O)CCOP(C)(=O)O.CO[C@H]1CC[C@@]2(C)C(=CC[C@H]3[C@@H]4CC[C@H]([C@H](C)CCCC(C)C)[C@@]4(C)CC[C@@H]32)C1. The van der Waals surface area contributed by atoms with Gasteiger partial charge in [-0.25, -0.2) is 0 Å². The van der Waals surface area contributed by atoms with Crippen molar-refractivity contribution in [2.24, 2.45) is 46.3 Å². The molecular formula is C36H66NO6P. The molecule has 0 spiro atoms. The van der Waals surface area contributed by atoms with Crippen LogP contribution in [0, 0.1) is 46.3 Å². The number of aliphatic hydroxyl groups is 1. The molecule has 3 N–H and O–H groups in total. The fraction of sp³-hybridized carbons (Fsp3) is 0.917. The number of fused-ring (bicyclic) bond motifs is 5. The van der Waals surface area contributed by atoms with Gasteiger partial charge >= 0.3 is 7.60 Å². The van der Waals surface area contributed by atoms with Crippen LogP contribution in [-0.4, -0.2) is 55.0 Å². The predicted molar refractivity (Wildman–Crippen MR) is 179 cm³/mol. The molecular weight excluding hydrogens is 573 g/mol. The molecule has 3 fully saturated rings. The van der Waals surface area contributed by atoms with Crippen LogP contribution in [0.3, 0.4) is 0 Å². The Bertz CT molecular complexity index is 995. The summed E-state index contributed by atoms with van der Waals surface area (Å²) in [6.07, 6.45) is 18.7. The van der Waals surface area contributed by atoms with Crippen LogP contribution in [-0.2, 0) is 18.6 Å². The topological polar surface area (TPSA) is 105 Å². The van der Waals surface area contributed by atoms with E-state index in [9.17, 15) is 14.5 Å². The Labute approximate surface area is 269 Å². The third-order valence-corrected chi connectivity index (χ3v) is 12.9. The lowest BCUT2D eigenvalue weighted by atomic mass is 9.47. The van der Waals surface area contributed by atoms with Crippen molar-refractivity contribution < 1.29 is 28.6 Å². The molecule has 0 aromatic carbocycles. The van der Waals surface area contributed by atoms with Gasteiger partial charge in [0.15, 0.2) is 0 Å². The van der Waals surface area contributed by atoms with Crippen LogP contribution in [0.1, 0.15) is 125 Å². The van der Waals surface area contributed by atoms with E-state index in [2.05, 4.69) is 50.5 Å². The second kappa shape index (κ2) is 16.4. The molecule has 0 saturated heterocycles. The number of carbonyl (C=O) groups excluding carboxylic acids is 1. The molecule has 8 heteroatoms. The fourth-order valence-corrected chi connectivity index (χ4v) is 10.2. The van der Waals surface area contributed by atoms with E-state index in [1.807, 2.05) is 7.11 Å². The van der Waals surface area contributed by atoms with Gasteiger partial charge in [-0.1, -0.05) is 65.5 Å². The van der Waals surface area contributed by atoms with Gasteiger partial charge in [0.05, 0.1) is 18.8 Å². The predicted octanol–water partition coefficient (Wildman–Crippen LogP) is 8.14. The molecule has 3 saturated carbocycles. The van der Waals surface area contributed by atoms with Gasteiger partial charge in [0.2, 0.25) is 5.91 Å². The summed E-state index contributed by atoms with van der Waals surface area (Å²) >= 11 is 0. The molecule has 0 aliphatic heterocycles. The Kier molecular flexibility index (Phi) is 14.1. The van der Waals surface area contributed by atoms with E-state index in [1.54, 1.807) is 5.57 Å². The fourth-order valence-electron chi connectivity index (χ4n) is 9.77. The molecule has 4 aliphatic carbocycles. The van der Waals surface area contributed by atoms with Gasteiger partial charge in [-0.3, -0.25) is 9.36 Å². The summed E-state index contributed by atoms with van der Waals surface area (Å²) in [5, 5.41) is 11.9. The van der Waals surface area contributed by atoms with Crippen LogP contribution in [0.15, 0.2) is 11.6 Å². The molecule has 4 aliphatic rings. The van der Waals surface area contributed by atoms with Crippen molar-refractivity contribution in [2.45, 2.75) is 137 Å². The molecule has 4 rings (SSSR count). The summed E-state index contributed by atoms with van der Waals surface area (Å²) in [7, 11) is -1.54. The third kappa shape index (κ3) is 9.89. The first kappa shape index (κ1) is 37.7. The van der Waals surface area contributed by atoms with Gasteiger partial charge in [-0.2, -0.15) is 0 Å². The Balaban J connectivity index is 0.000000301. The lowest BCUT2D eigenvalue weighted by Crippen LogP contribution is -2.50. The van der Waals surface area contributed by atoms with Gasteiger partial charge in [0.25, 0.3) is 0 Å². The Morgan fingerprint density at radius 1 is 1.07 bits per heavy atom. The lowest BCUT2D eigenvalue weighted by molar-refractivity contribution is -0.119. The van der Waals surface area contributed by atoms with E-state index in [-0.39, 0.29) is 18.9 Å². The Morgan fingerprint density at radius 2 is 1.80 bits per heavy atom. The zero-order valence-electron chi connectivity index (χ0n) is 29.3. The molecule has 0 heterocycles. The highest BCUT2D eigenvalue weighted by atomic mass is 31.2. The summed E-state index contributed by atoms with van der Waals surface area (Å²) in [4.78, 5) is 19.3. The minimum absolute atomic E-state index is 0.0332. The number of nitrogens with one attached hydrogen (secondary N) is 1. The van der Waals surface area contributed by atoms with Gasteiger partial charge in [-0.05, 0) is 111 Å². The van der Waals surface area contributed by atoms with Crippen molar-refractivity contribution in [1.29, 1.82) is 0 Å². The van der Waals surface area contributed by atoms with Crippen LogP contribution in [0.5, 0.6) is 0 Å². The zero-order chi connectivity index (χ0) is 32.7. The number of aliphatic hydroxyl groups excluding tert-OH is 1. The van der Waals surface area contributed by atoms with Crippen molar-refractivity contribution in [3.8, 4) is 0 Å². The van der Waals surface area contributed by atoms with Crippen molar-refractivity contribution >= 4 is 13.5 Å². The molecule has 7 nitrogen and oxygen atoms in total. The Hall–Kier alpha value is -0.720. The number of hydrogen-bond acceptors (Lipinski definition) is 5. The number of hydrogen-bond donors (Lipinski definition) is 3. The lowest BCUT2D eigenvalue weighted by Gasteiger charge is -2.58. The number of ether oxygens (including phenoxy) is 1. The minimum atomic E-state index is -3.44. The highest BCUT2D eigenvalue weighted by molar-refractivity contribution is 7.51. The van der Waals surface area contributed by atoms with Crippen molar-refractivity contribution in [2.75, 3.05) is 26.9 Å². The van der Waals surface area contributed by atoms with E-state index >= 15 is 0 Å². The van der Waals surface area contributed by atoms with Crippen LogP contribution < -0.4 is 5.32 Å². The normalized spacial score (nSPS) is 35.6. The van der Waals surface area contributed by atoms with Crippen molar-refractivity contribution in [1.82, 2.24) is 5.32 Å². The maximum absolute atomic E-state index is 10.7. The maximum Gasteiger partial charge on any atom is 0.325 e. The quantitative estimate of drug-likeness (QED) is 0.139. The van der Waals surface area contributed by atoms with Crippen molar-refractivity contribution in [3.05, 3.63) is 11.6 Å². The van der Waals surface area contributed by atoms with Crippen LogP contribution in [0.4, 0.5) is 0 Å². The summed E-state index contributed by atoms with van der Waals surface area (Å²) in [5.41, 5.74) is 2.85. The van der Waals surface area contributed by atoms with E-state index < -0.39 is 13.7 Å². The average Bonchev–Trinajstić information content (AvgIpc) is 3.29. The molecule has 0 bridgehead atoms. The van der Waals surface area contributed by atoms with Crippen LogP contribution >= 0.6 is 7.60 Å². The summed E-state index contributed by atoms with van der Waals surface area (Å²) < 4.78 is 21.0. The van der Waals surface area contributed by atoms with Gasteiger partial charge in [-0.15, -0.1) is 0 Å². The summed E-state index contributed by atoms with van der Waals surface area (Å²) in [6.45, 7) is 15.6. The number of rotatable bonds is 13. The number of allylic oxidation sites excluding steroid dienone is 1. The molecule has 0 aromatic rings. The van der Waals surface area contributed by atoms with Gasteiger partial charge < -0.3 is 24.6 Å². The molecule has 1 amide bonds. The largest absolute Gasteiger partial charge is 0.393 e. The first-order valence-electron chi connectivity index (χ1n) is 17.7. The smallest absolute Gasteiger partial charge is 0.325 e. The maximum atomic E-state index is 10.7. The van der Waals surface area contributed by atoms with E-state index in [0.717, 1.165) is 42.2 Å². The molecule has 256 valence electrons. The minimum Gasteiger partial charge on any atom is -0.393 e. The molecule has 0 radical (unpaired) electrons. The molecule has 10 atom stereocenters. The Morgan fingerprint density at radius 3 is 2.43 bits per heavy atom. The molecule has 2 unspecified atom stereocenters. The second-order valence-corrected chi connectivity index (χ2v) is 17.6. The summed E-state index contributed by atoms with van der Waals surface area (Å²) in [6, 6.07) is 0. The van der Waals surface area contributed by atoms with Crippen molar-refractivity contribution in [3.63, 3.8) is 0 Å². The van der Waals surface area contributed by atoms with E-state index in [4.69, 9.17) is 9.63 Å². The second-order valence-electron chi connectivity index (χ2n) is 15.7. The summed E-state index contributed by atoms with van der Waals surface area (Å²) in [5.74, 6) is 5.48. The van der Waals surface area contributed by atoms with Gasteiger partial charge in [0.1, 0.15) is 0 Å². The van der Waals surface area contributed by atoms with Gasteiger partial charge in [0, 0.05) is 27.2 Å². The highest BCUT2D eigenvalue weighted by Crippen LogP contribution is 2.67. The monoisotopic (exact) mass is 639 g/mol. The number of carbonyl (C=O) groups is 1. The number of methoxy groups -OCH3 is 1. The zero-order valence-corrected chi connectivity index (χ0v) is 30.2. The standard InChI is InChI=1S/C28H48O.C8H18NO5P/c1-19(2)8-7-9-20(3)24-12-13-25-23-11-10-21-18-22(29-6)14-16-27(21,4)26(23)15-17-28(24,25)5;1-7(10)9-5-3-8(11)4-6-14-15(2,12)13/h10,19-20,22-26H,7-9,11-18H2,1-6H3;8,11H,3-6H2,1-2H3,(H,9,10)(H,12,13)/t20-,22+,23+,24-,25+,26+,27+,28-;/m1./s1. The van der Waals surface area contributed by atoms with Crippen LogP contribution in [0.25, 0.3) is 0 Å². The average molecular weight is 640 g/mol. The number of amides is 1. The first-order valence-corrected chi connectivity index (χ1v) is 19.7. The van der Waals surface area contributed by atoms with E-state index in [0.29, 0.717) is 29.9 Å². The molecule has 0 aromatic heterocycles.